The van der Waals surface area contributed by atoms with E-state index in [1.54, 1.807) is 0 Å². The summed E-state index contributed by atoms with van der Waals surface area (Å²) in [5.41, 5.74) is 2.37. The molecule has 0 unspecified atom stereocenters. The van der Waals surface area contributed by atoms with Gasteiger partial charge in [0.25, 0.3) is 15.9 Å². The number of rotatable bonds is 4. The van der Waals surface area contributed by atoms with E-state index < -0.39 is 27.9 Å². The van der Waals surface area contributed by atoms with Gasteiger partial charge in [-0.05, 0) is 18.6 Å². The van der Waals surface area contributed by atoms with Crippen LogP contribution >= 0.6 is 11.3 Å². The zero-order chi connectivity index (χ0) is 14.2. The third-order valence-electron chi connectivity index (χ3n) is 2.39. The molecular weight excluding hydrogens is 296 g/mol. The van der Waals surface area contributed by atoms with E-state index in [9.17, 15) is 18.0 Å². The van der Waals surface area contributed by atoms with E-state index in [1.165, 1.54) is 13.0 Å². The maximum absolute atomic E-state index is 12.0. The quantitative estimate of drug-likeness (QED) is 0.687. The molecule has 1 fully saturated rings. The van der Waals surface area contributed by atoms with E-state index in [1.807, 2.05) is 5.48 Å². The van der Waals surface area contributed by atoms with Crippen molar-refractivity contribution in [1.82, 2.24) is 10.2 Å². The minimum absolute atomic E-state index is 0.0486. The zero-order valence-corrected chi connectivity index (χ0v) is 11.3. The number of carboxylic acids is 1. The number of carbonyl (C=O) groups excluding carboxylic acids is 1. The molecule has 1 amide bonds. The largest absolute Gasteiger partial charge is 0.477 e. The molecule has 1 aromatic heterocycles. The summed E-state index contributed by atoms with van der Waals surface area (Å²) in [6.07, 6.45) is 0. The van der Waals surface area contributed by atoms with Gasteiger partial charge in [0, 0.05) is 0 Å². The molecule has 10 heteroatoms. The number of carboxylic acid groups (broad SMARTS) is 1. The summed E-state index contributed by atoms with van der Waals surface area (Å²) >= 11 is 0.637. The Morgan fingerprint density at radius 2 is 2.32 bits per heavy atom. The van der Waals surface area contributed by atoms with Gasteiger partial charge < -0.3 is 5.11 Å². The molecule has 0 aliphatic carbocycles. The van der Waals surface area contributed by atoms with Gasteiger partial charge in [0.15, 0.2) is 0 Å². The van der Waals surface area contributed by atoms with Crippen LogP contribution in [0.25, 0.3) is 0 Å². The molecule has 0 bridgehead atoms. The number of sulfonamides is 1. The number of amides is 1. The van der Waals surface area contributed by atoms with Crippen molar-refractivity contribution >= 4 is 33.2 Å². The normalized spacial score (nSPS) is 19.4. The number of hydroxylamine groups is 1. The van der Waals surface area contributed by atoms with E-state index in [4.69, 9.17) is 5.11 Å². The molecule has 0 spiro atoms. The minimum Gasteiger partial charge on any atom is -0.477 e. The molecular formula is C9H10N2O6S2. The number of nitrogens with one attached hydrogen (secondary N) is 2. The Balaban J connectivity index is 2.27. The molecule has 1 aliphatic rings. The van der Waals surface area contributed by atoms with Gasteiger partial charge in [0.05, 0.1) is 0 Å². The molecule has 8 nitrogen and oxygen atoms in total. The summed E-state index contributed by atoms with van der Waals surface area (Å²) in [5.74, 6) is -1.78. The number of carbonyl (C=O) groups is 2. The van der Waals surface area contributed by atoms with E-state index in [0.29, 0.717) is 16.9 Å². The van der Waals surface area contributed by atoms with Crippen LogP contribution in [0.2, 0.25) is 0 Å². The first kappa shape index (κ1) is 13.9. The fraction of sp³-hybridized carbons (Fsp3) is 0.333. The van der Waals surface area contributed by atoms with Crippen molar-refractivity contribution in [2.75, 3.05) is 6.61 Å². The van der Waals surface area contributed by atoms with Crippen LogP contribution in [0.4, 0.5) is 0 Å². The van der Waals surface area contributed by atoms with Crippen LogP contribution in [0.3, 0.4) is 0 Å². The van der Waals surface area contributed by atoms with E-state index in [-0.39, 0.29) is 15.7 Å². The highest BCUT2D eigenvalue weighted by Crippen LogP contribution is 2.26. The molecule has 1 aliphatic heterocycles. The molecule has 104 valence electrons. The van der Waals surface area contributed by atoms with Crippen molar-refractivity contribution in [2.45, 2.75) is 17.2 Å². The highest BCUT2D eigenvalue weighted by atomic mass is 32.2. The van der Waals surface area contributed by atoms with Gasteiger partial charge >= 0.3 is 5.97 Å². The van der Waals surface area contributed by atoms with Crippen LogP contribution in [0.15, 0.2) is 10.3 Å². The Bertz CT molecular complexity index is 635. The lowest BCUT2D eigenvalue weighted by molar-refractivity contribution is -0.124. The van der Waals surface area contributed by atoms with Crippen LogP contribution in [-0.4, -0.2) is 38.0 Å². The summed E-state index contributed by atoms with van der Waals surface area (Å²) in [6, 6.07) is 0.241. The van der Waals surface area contributed by atoms with Crippen LogP contribution in [0.5, 0.6) is 0 Å². The Morgan fingerprint density at radius 1 is 1.63 bits per heavy atom. The standard InChI is InChI=1S/C9H10N2O6S2/c1-4-2-6(18-7(4)9(13)14)19(15,16)11-5-3-17-10-8(5)12/h2,5,11H,3H2,1H3,(H,10,12)(H,13,14)/t5-/m1/s1. The first-order valence-electron chi connectivity index (χ1n) is 5.09. The van der Waals surface area contributed by atoms with Gasteiger partial charge in [-0.25, -0.2) is 18.7 Å². The average molecular weight is 306 g/mol. The van der Waals surface area contributed by atoms with Crippen molar-refractivity contribution in [2.24, 2.45) is 0 Å². The maximum Gasteiger partial charge on any atom is 0.346 e. The van der Waals surface area contributed by atoms with Crippen LogP contribution in [0, 0.1) is 6.92 Å². The molecule has 1 saturated heterocycles. The second kappa shape index (κ2) is 4.89. The second-order valence-electron chi connectivity index (χ2n) is 3.83. The van der Waals surface area contributed by atoms with Crippen molar-refractivity contribution in [3.05, 3.63) is 16.5 Å². The van der Waals surface area contributed by atoms with Crippen molar-refractivity contribution < 1.29 is 28.0 Å². The third-order valence-corrected chi connectivity index (χ3v) is 5.56. The zero-order valence-electron chi connectivity index (χ0n) is 9.67. The topological polar surface area (TPSA) is 122 Å². The van der Waals surface area contributed by atoms with Gasteiger partial charge in [0.2, 0.25) is 0 Å². The molecule has 0 radical (unpaired) electrons. The van der Waals surface area contributed by atoms with Gasteiger partial charge in [0.1, 0.15) is 21.7 Å². The average Bonchev–Trinajstić information content (AvgIpc) is 2.86. The second-order valence-corrected chi connectivity index (χ2v) is 6.83. The van der Waals surface area contributed by atoms with Gasteiger partial charge in [-0.15, -0.1) is 11.3 Å². The third kappa shape index (κ3) is 2.76. The summed E-state index contributed by atoms with van der Waals surface area (Å²) in [4.78, 5) is 26.6. The first-order chi connectivity index (χ1) is 8.81. The predicted octanol–water partition coefficient (Wildman–Crippen LogP) is -0.537. The lowest BCUT2D eigenvalue weighted by Crippen LogP contribution is -2.41. The SMILES string of the molecule is Cc1cc(S(=O)(=O)N[C@@H]2CONC2=O)sc1C(=O)O. The lowest BCUT2D eigenvalue weighted by atomic mass is 10.3. The molecule has 19 heavy (non-hydrogen) atoms. The minimum atomic E-state index is -3.95. The monoisotopic (exact) mass is 306 g/mol. The van der Waals surface area contributed by atoms with Crippen molar-refractivity contribution in [3.63, 3.8) is 0 Å². The first-order valence-corrected chi connectivity index (χ1v) is 7.39. The van der Waals surface area contributed by atoms with Gasteiger partial charge in [-0.1, -0.05) is 0 Å². The van der Waals surface area contributed by atoms with Crippen molar-refractivity contribution in [1.29, 1.82) is 0 Å². The molecule has 0 saturated carbocycles. The number of thiophene rings is 1. The maximum atomic E-state index is 12.0. The molecule has 1 aromatic rings. The summed E-state index contributed by atoms with van der Waals surface area (Å²) in [5, 5.41) is 8.88. The van der Waals surface area contributed by atoms with Crippen molar-refractivity contribution in [3.8, 4) is 0 Å². The Kier molecular flexibility index (Phi) is 3.58. The fourth-order valence-electron chi connectivity index (χ4n) is 1.47. The molecule has 2 heterocycles. The number of hydrogen-bond donors (Lipinski definition) is 3. The number of hydrogen-bond acceptors (Lipinski definition) is 6. The highest BCUT2D eigenvalue weighted by Gasteiger charge is 2.32. The Labute approximate surface area is 112 Å². The van der Waals surface area contributed by atoms with Crippen LogP contribution < -0.4 is 10.2 Å². The molecule has 0 aromatic carbocycles. The van der Waals surface area contributed by atoms with Gasteiger partial charge in [-0.3, -0.25) is 9.63 Å². The van der Waals surface area contributed by atoms with E-state index in [0.717, 1.165) is 0 Å². The molecule has 1 atom stereocenters. The van der Waals surface area contributed by atoms with E-state index in [2.05, 4.69) is 9.56 Å². The van der Waals surface area contributed by atoms with Gasteiger partial charge in [-0.2, -0.15) is 4.72 Å². The molecule has 3 N–H and O–H groups in total. The molecule has 2 rings (SSSR count). The highest BCUT2D eigenvalue weighted by molar-refractivity contribution is 7.91. The summed E-state index contributed by atoms with van der Waals surface area (Å²) in [6.45, 7) is 1.39. The fourth-order valence-corrected chi connectivity index (χ4v) is 4.05. The number of aromatic carboxylic acids is 1. The predicted molar refractivity (Wildman–Crippen MR) is 64.2 cm³/mol. The smallest absolute Gasteiger partial charge is 0.346 e. The van der Waals surface area contributed by atoms with Crippen LogP contribution in [0.1, 0.15) is 15.2 Å². The lowest BCUT2D eigenvalue weighted by Gasteiger charge is -2.07. The summed E-state index contributed by atoms with van der Waals surface area (Å²) in [7, 11) is -3.95. The Morgan fingerprint density at radius 3 is 2.79 bits per heavy atom. The van der Waals surface area contributed by atoms with E-state index >= 15 is 0 Å². The Hall–Kier alpha value is -1.49. The van der Waals surface area contributed by atoms with Crippen LogP contribution in [-0.2, 0) is 19.7 Å². The number of aryl methyl sites for hydroxylation is 1. The summed E-state index contributed by atoms with van der Waals surface area (Å²) < 4.78 is 26.0.